The van der Waals surface area contributed by atoms with Gasteiger partial charge in [0.1, 0.15) is 0 Å². The van der Waals surface area contributed by atoms with Crippen molar-refractivity contribution < 1.29 is 14.3 Å². The van der Waals surface area contributed by atoms with Crippen molar-refractivity contribution in [1.29, 1.82) is 0 Å². The Morgan fingerprint density at radius 1 is 0.800 bits per heavy atom. The van der Waals surface area contributed by atoms with E-state index in [2.05, 4.69) is 6.08 Å². The van der Waals surface area contributed by atoms with Crippen LogP contribution in [0.2, 0.25) is 0 Å². The SMILES string of the molecule is O=C1OC2(C(=O)c3cccc4cccc2c34)/C(=C/C2CCCCC2)c2ccccc21. The molecule has 1 spiro atoms. The molecule has 148 valence electrons. The maximum Gasteiger partial charge on any atom is 0.340 e. The van der Waals surface area contributed by atoms with E-state index in [0.717, 1.165) is 40.3 Å². The summed E-state index contributed by atoms with van der Waals surface area (Å²) in [5.41, 5.74) is 2.28. The van der Waals surface area contributed by atoms with Crippen molar-refractivity contribution in [3.8, 4) is 0 Å². The van der Waals surface area contributed by atoms with Crippen LogP contribution < -0.4 is 0 Å². The van der Waals surface area contributed by atoms with E-state index < -0.39 is 11.6 Å². The zero-order chi connectivity index (χ0) is 20.3. The normalized spacial score (nSPS) is 24.5. The summed E-state index contributed by atoms with van der Waals surface area (Å²) in [5.74, 6) is -0.157. The number of ketones is 1. The maximum absolute atomic E-state index is 13.9. The largest absolute Gasteiger partial charge is 0.437 e. The minimum Gasteiger partial charge on any atom is -0.437 e. The van der Waals surface area contributed by atoms with Crippen LogP contribution in [0.3, 0.4) is 0 Å². The lowest BCUT2D eigenvalue weighted by Gasteiger charge is -2.37. The van der Waals surface area contributed by atoms with Crippen LogP contribution in [0.1, 0.15) is 63.9 Å². The van der Waals surface area contributed by atoms with Gasteiger partial charge in [0, 0.05) is 22.1 Å². The molecule has 1 aliphatic heterocycles. The topological polar surface area (TPSA) is 43.4 Å². The molecule has 0 N–H and O–H groups in total. The smallest absolute Gasteiger partial charge is 0.340 e. The summed E-state index contributed by atoms with van der Waals surface area (Å²) in [4.78, 5) is 27.0. The summed E-state index contributed by atoms with van der Waals surface area (Å²) in [7, 11) is 0. The Balaban J connectivity index is 1.67. The van der Waals surface area contributed by atoms with Crippen molar-refractivity contribution in [2.75, 3.05) is 0 Å². The third kappa shape index (κ3) is 2.26. The van der Waals surface area contributed by atoms with E-state index in [9.17, 15) is 9.59 Å². The van der Waals surface area contributed by atoms with Gasteiger partial charge in [0.25, 0.3) is 0 Å². The Morgan fingerprint density at radius 3 is 2.30 bits per heavy atom. The summed E-state index contributed by atoms with van der Waals surface area (Å²) >= 11 is 0. The van der Waals surface area contributed by atoms with Gasteiger partial charge in [-0.1, -0.05) is 79.9 Å². The van der Waals surface area contributed by atoms with Gasteiger partial charge in [0.15, 0.2) is 0 Å². The first-order chi connectivity index (χ1) is 14.7. The number of esters is 1. The third-order valence-corrected chi connectivity index (χ3v) is 6.96. The van der Waals surface area contributed by atoms with Crippen LogP contribution in [0.5, 0.6) is 0 Å². The molecule has 1 atom stereocenters. The summed E-state index contributed by atoms with van der Waals surface area (Å²) in [6.07, 6.45) is 8.13. The lowest BCUT2D eigenvalue weighted by molar-refractivity contribution is 0.00811. The molecule has 2 aliphatic carbocycles. The first-order valence-electron chi connectivity index (χ1n) is 10.8. The number of hydrogen-bond donors (Lipinski definition) is 0. The Kier molecular flexibility index (Phi) is 3.76. The van der Waals surface area contributed by atoms with Crippen molar-refractivity contribution >= 4 is 28.1 Å². The molecule has 1 heterocycles. The van der Waals surface area contributed by atoms with E-state index in [0.29, 0.717) is 17.0 Å². The minimum atomic E-state index is -1.38. The highest BCUT2D eigenvalue weighted by Gasteiger charge is 2.56. The standard InChI is InChI=1S/C27H22O3/c28-25-21-14-6-10-18-11-7-15-22(24(18)21)27(25)23(16-17-8-2-1-3-9-17)19-12-4-5-13-20(19)26(29)30-27/h4-7,10-17H,1-3,8-9H2/b23-16+. The van der Waals surface area contributed by atoms with Crippen LogP contribution in [0.4, 0.5) is 0 Å². The van der Waals surface area contributed by atoms with Crippen LogP contribution in [-0.4, -0.2) is 11.8 Å². The number of benzene rings is 3. The van der Waals surface area contributed by atoms with Crippen molar-refractivity contribution in [1.82, 2.24) is 0 Å². The molecule has 3 aliphatic rings. The Bertz CT molecular complexity index is 1240. The summed E-state index contributed by atoms with van der Waals surface area (Å²) in [5, 5.41) is 1.91. The number of ether oxygens (including phenoxy) is 1. The highest BCUT2D eigenvalue weighted by Crippen LogP contribution is 2.54. The van der Waals surface area contributed by atoms with Crippen molar-refractivity contribution in [2.45, 2.75) is 37.7 Å². The zero-order valence-electron chi connectivity index (χ0n) is 16.7. The molecule has 0 aromatic heterocycles. The van der Waals surface area contributed by atoms with E-state index in [-0.39, 0.29) is 5.78 Å². The van der Waals surface area contributed by atoms with E-state index in [1.165, 1.54) is 19.3 Å². The number of allylic oxidation sites excluding steroid dienone is 1. The van der Waals surface area contributed by atoms with Crippen LogP contribution in [0.15, 0.2) is 66.7 Å². The van der Waals surface area contributed by atoms with Crippen molar-refractivity contribution in [2.24, 2.45) is 5.92 Å². The average Bonchev–Trinajstić information content (AvgIpc) is 3.03. The highest BCUT2D eigenvalue weighted by atomic mass is 16.6. The molecule has 6 rings (SSSR count). The minimum absolute atomic E-state index is 0.126. The molecule has 3 nitrogen and oxygen atoms in total. The fourth-order valence-corrected chi connectivity index (χ4v) is 5.58. The van der Waals surface area contributed by atoms with Gasteiger partial charge in [0.05, 0.1) is 5.56 Å². The molecular weight excluding hydrogens is 372 g/mol. The second-order valence-corrected chi connectivity index (χ2v) is 8.63. The van der Waals surface area contributed by atoms with Crippen LogP contribution >= 0.6 is 0 Å². The summed E-state index contributed by atoms with van der Waals surface area (Å²) in [6, 6.07) is 19.2. The van der Waals surface area contributed by atoms with Gasteiger partial charge >= 0.3 is 5.97 Å². The van der Waals surface area contributed by atoms with Gasteiger partial charge in [-0.3, -0.25) is 4.79 Å². The molecule has 1 saturated carbocycles. The first kappa shape index (κ1) is 17.6. The van der Waals surface area contributed by atoms with E-state index in [1.54, 1.807) is 6.07 Å². The quantitative estimate of drug-likeness (QED) is 0.471. The van der Waals surface area contributed by atoms with Gasteiger partial charge in [-0.15, -0.1) is 0 Å². The molecule has 0 saturated heterocycles. The molecule has 3 aromatic carbocycles. The monoisotopic (exact) mass is 394 g/mol. The molecular formula is C27H22O3. The van der Waals surface area contributed by atoms with Gasteiger partial charge in [-0.05, 0) is 35.8 Å². The lowest BCUT2D eigenvalue weighted by Crippen LogP contribution is -2.42. The third-order valence-electron chi connectivity index (χ3n) is 6.96. The van der Waals surface area contributed by atoms with Crippen molar-refractivity contribution in [3.05, 3.63) is 89.0 Å². The molecule has 30 heavy (non-hydrogen) atoms. The number of fused-ring (bicyclic) bond motifs is 2. The predicted octanol–water partition coefficient (Wildman–Crippen LogP) is 6.07. The summed E-state index contributed by atoms with van der Waals surface area (Å²) in [6.45, 7) is 0. The predicted molar refractivity (Wildman–Crippen MR) is 116 cm³/mol. The Labute approximate surface area is 175 Å². The number of Topliss-reactive ketones (excluding diaryl/α,β-unsaturated/α-hetero) is 1. The highest BCUT2D eigenvalue weighted by molar-refractivity contribution is 6.26. The first-order valence-corrected chi connectivity index (χ1v) is 10.8. The number of carbonyl (C=O) groups excluding carboxylic acids is 2. The molecule has 1 fully saturated rings. The van der Waals surface area contributed by atoms with Crippen LogP contribution in [0.25, 0.3) is 16.3 Å². The van der Waals surface area contributed by atoms with E-state index in [4.69, 9.17) is 4.74 Å². The molecule has 0 amide bonds. The number of carbonyl (C=O) groups is 2. The van der Waals surface area contributed by atoms with E-state index in [1.807, 2.05) is 54.6 Å². The van der Waals surface area contributed by atoms with Gasteiger partial charge in [-0.2, -0.15) is 0 Å². The maximum atomic E-state index is 13.9. The lowest BCUT2D eigenvalue weighted by atomic mass is 9.75. The number of hydrogen-bond acceptors (Lipinski definition) is 3. The second kappa shape index (κ2) is 6.40. The molecule has 0 bridgehead atoms. The van der Waals surface area contributed by atoms with Gasteiger partial charge < -0.3 is 4.74 Å². The molecule has 0 radical (unpaired) electrons. The summed E-state index contributed by atoms with van der Waals surface area (Å²) < 4.78 is 6.14. The van der Waals surface area contributed by atoms with E-state index >= 15 is 0 Å². The zero-order valence-corrected chi connectivity index (χ0v) is 16.7. The Hall–Kier alpha value is -3.20. The molecule has 3 heteroatoms. The van der Waals surface area contributed by atoms with Crippen molar-refractivity contribution in [3.63, 3.8) is 0 Å². The van der Waals surface area contributed by atoms with Gasteiger partial charge in [0.2, 0.25) is 11.4 Å². The molecule has 1 unspecified atom stereocenters. The van der Waals surface area contributed by atoms with Gasteiger partial charge in [-0.25, -0.2) is 4.79 Å². The van der Waals surface area contributed by atoms with Crippen LogP contribution in [-0.2, 0) is 10.3 Å². The fourth-order valence-electron chi connectivity index (χ4n) is 5.58. The fraction of sp³-hybridized carbons (Fsp3) is 0.259. The average molecular weight is 394 g/mol. The Morgan fingerprint density at radius 2 is 1.50 bits per heavy atom. The van der Waals surface area contributed by atoms with Crippen LogP contribution in [0, 0.1) is 5.92 Å². The number of rotatable bonds is 1. The molecule has 3 aromatic rings. The second-order valence-electron chi connectivity index (χ2n) is 8.63.